The van der Waals surface area contributed by atoms with Gasteiger partial charge in [0.25, 0.3) is 0 Å². The second-order valence-electron chi connectivity index (χ2n) is 0. The average molecular weight is 150 g/mol. The van der Waals surface area contributed by atoms with Crippen LogP contribution in [0, 0.1) is 0 Å². The second kappa shape index (κ2) is 15.7. The molecular weight excluding hydrogens is 143 g/mol. The van der Waals surface area contributed by atoms with Crippen molar-refractivity contribution in [2.45, 2.75) is 0 Å². The van der Waals surface area contributed by atoms with Crippen molar-refractivity contribution in [3.8, 4) is 0 Å². The fraction of sp³-hybridized carbons (Fsp3) is 0. The normalized spacial score (nSPS) is 0. The zero-order chi connectivity index (χ0) is 0. The molecule has 0 radical (unpaired) electrons. The van der Waals surface area contributed by atoms with E-state index in [1.54, 1.807) is 0 Å². The van der Waals surface area contributed by atoms with Crippen LogP contribution in [0.25, 0.3) is 0 Å². The fourth-order valence-electron chi connectivity index (χ4n) is 0. The second-order valence-corrected chi connectivity index (χ2v) is 0. The third kappa shape index (κ3) is 9.91. The molecule has 0 N–H and O–H groups in total. The first-order valence-corrected chi connectivity index (χ1v) is 0. The fourth-order valence-corrected chi connectivity index (χ4v) is 0. The van der Waals surface area contributed by atoms with Gasteiger partial charge in [0.1, 0.15) is 0 Å². The molecule has 0 unspecified atom stereocenters. The molecule has 0 nitrogen and oxygen atoms in total. The molecule has 0 aliphatic carbocycles. The zero-order valence-electron chi connectivity index (χ0n) is 0. The van der Waals surface area contributed by atoms with Crippen molar-refractivity contribution in [2.24, 2.45) is 0 Å². The molecule has 0 atom stereocenters. The van der Waals surface area contributed by atoms with Gasteiger partial charge in [-0.15, -0.1) is 0 Å². The van der Waals surface area contributed by atoms with Crippen molar-refractivity contribution in [3.63, 3.8) is 0 Å². The molecule has 0 saturated carbocycles. The van der Waals surface area contributed by atoms with E-state index in [1.165, 1.54) is 0 Å². The topological polar surface area (TPSA) is 0 Å². The molecule has 0 aromatic rings. The molecule has 0 aliphatic heterocycles. The Morgan fingerprint density at radius 1 is 0.500 bits per heavy atom. The Balaban J connectivity index is 0. The van der Waals surface area contributed by atoms with Crippen LogP contribution in [0.4, 0.5) is 0 Å². The van der Waals surface area contributed by atoms with E-state index in [1.807, 2.05) is 0 Å². The summed E-state index contributed by atoms with van der Waals surface area (Å²) in [7, 11) is 0. The number of rotatable bonds is 0. The van der Waals surface area contributed by atoms with Crippen molar-refractivity contribution in [1.82, 2.24) is 0 Å². The van der Waals surface area contributed by atoms with Gasteiger partial charge < -0.3 is 0 Å². The first kappa shape index (κ1) is 23.3. The monoisotopic (exact) mass is 150 g/mol. The van der Waals surface area contributed by atoms with Gasteiger partial charge in [-0.25, -0.2) is 0 Å². The van der Waals surface area contributed by atoms with Crippen LogP contribution in [0.5, 0.6) is 0 Å². The quantitative estimate of drug-likeness (QED) is 0.316. The van der Waals surface area contributed by atoms with E-state index in [4.69, 9.17) is 0 Å². The van der Waals surface area contributed by atoms with Crippen molar-refractivity contribution in [1.29, 1.82) is 0 Å². The van der Waals surface area contributed by atoms with Crippen molar-refractivity contribution in [2.75, 3.05) is 0 Å². The van der Waals surface area contributed by atoms with E-state index >= 15 is 0 Å². The van der Waals surface area contributed by atoms with Crippen LogP contribution in [-0.2, 0) is 0 Å². The molecule has 0 fully saturated rings. The van der Waals surface area contributed by atoms with Gasteiger partial charge in [0.15, 0.2) is 0 Å². The Morgan fingerprint density at radius 3 is 0.500 bits per heavy atom. The molecule has 0 aromatic carbocycles. The molecule has 14 valence electrons. The van der Waals surface area contributed by atoms with Crippen LogP contribution in [-0.4, -0.2) is 143 Å². The van der Waals surface area contributed by atoms with Crippen LogP contribution >= 0.6 is 0 Å². The van der Waals surface area contributed by atoms with Gasteiger partial charge in [-0.2, -0.15) is 0 Å². The SMILES string of the molecule is [CaH2].[CaH2].[CaH2].[NaH]. The van der Waals surface area contributed by atoms with Gasteiger partial charge in [0, 0.05) is 0 Å². The van der Waals surface area contributed by atoms with Crippen LogP contribution in [0.3, 0.4) is 0 Å². The van der Waals surface area contributed by atoms with E-state index in [9.17, 15) is 0 Å². The molecule has 0 aliphatic rings. The van der Waals surface area contributed by atoms with E-state index in [2.05, 4.69) is 0 Å². The molecular formula is H7Ca3Na. The van der Waals surface area contributed by atoms with Crippen molar-refractivity contribution in [3.05, 3.63) is 0 Å². The van der Waals surface area contributed by atoms with E-state index in [0.29, 0.717) is 0 Å². The molecule has 4 heteroatoms. The molecule has 4 heavy (non-hydrogen) atoms. The van der Waals surface area contributed by atoms with Crippen LogP contribution in [0.15, 0.2) is 0 Å². The number of hydrogen-bond acceptors (Lipinski definition) is 0. The van der Waals surface area contributed by atoms with Gasteiger partial charge in [0.05, 0.1) is 0 Å². The van der Waals surface area contributed by atoms with Crippen LogP contribution in [0.1, 0.15) is 0 Å². The minimum absolute atomic E-state index is 0. The standard InChI is InChI=1S/3Ca.Na.7H. The Morgan fingerprint density at radius 2 is 0.500 bits per heavy atom. The number of hydrogen-bond donors (Lipinski definition) is 0. The first-order valence-electron chi connectivity index (χ1n) is 0. The van der Waals surface area contributed by atoms with E-state index < -0.39 is 0 Å². The van der Waals surface area contributed by atoms with Gasteiger partial charge in [-0.05, 0) is 0 Å². The predicted octanol–water partition coefficient (Wildman–Crippen LogP) is -3.40. The predicted molar refractivity (Wildman–Crippen MR) is 32.8 cm³/mol. The maximum atomic E-state index is 0. The summed E-state index contributed by atoms with van der Waals surface area (Å²) in [5.74, 6) is 0. The third-order valence-corrected chi connectivity index (χ3v) is 0. The van der Waals surface area contributed by atoms with Gasteiger partial charge in [-0.1, -0.05) is 0 Å². The van der Waals surface area contributed by atoms with Gasteiger partial charge in [-0.3, -0.25) is 0 Å². The molecule has 0 bridgehead atoms. The first-order chi connectivity index (χ1) is 0. The summed E-state index contributed by atoms with van der Waals surface area (Å²) in [6.45, 7) is 0. The Labute approximate surface area is 138 Å². The van der Waals surface area contributed by atoms with Crippen molar-refractivity contribution >= 4 is 143 Å². The molecule has 0 spiro atoms. The zero-order valence-corrected chi connectivity index (χ0v) is 0. The maximum absolute atomic E-state index is 0. The molecule has 0 heterocycles. The van der Waals surface area contributed by atoms with E-state index in [-0.39, 0.29) is 143 Å². The minimum atomic E-state index is 0. The van der Waals surface area contributed by atoms with Crippen LogP contribution in [0.2, 0.25) is 0 Å². The summed E-state index contributed by atoms with van der Waals surface area (Å²) >= 11 is 0. The van der Waals surface area contributed by atoms with Crippen LogP contribution < -0.4 is 0 Å². The summed E-state index contributed by atoms with van der Waals surface area (Å²) in [6, 6.07) is 0. The Bertz CT molecular complexity index is 3.25. The summed E-state index contributed by atoms with van der Waals surface area (Å²) in [5.41, 5.74) is 0. The Hall–Kier alpha value is 4.78. The van der Waals surface area contributed by atoms with Crippen molar-refractivity contribution < 1.29 is 0 Å². The van der Waals surface area contributed by atoms with Gasteiger partial charge >= 0.3 is 143 Å². The van der Waals surface area contributed by atoms with E-state index in [0.717, 1.165) is 0 Å². The molecule has 0 aromatic heterocycles. The summed E-state index contributed by atoms with van der Waals surface area (Å²) in [6.07, 6.45) is 0. The average Bonchev–Trinajstić information content (AvgIpc) is 0. The Kier molecular flexibility index (Phi) is 91.0. The summed E-state index contributed by atoms with van der Waals surface area (Å²) < 4.78 is 0. The molecule has 0 saturated heterocycles. The molecule has 0 amide bonds. The third-order valence-electron chi connectivity index (χ3n) is 0. The summed E-state index contributed by atoms with van der Waals surface area (Å²) in [5, 5.41) is 0. The summed E-state index contributed by atoms with van der Waals surface area (Å²) in [4.78, 5) is 0. The molecule has 0 rings (SSSR count). The van der Waals surface area contributed by atoms with Gasteiger partial charge in [0.2, 0.25) is 0 Å².